The molecule has 0 fully saturated rings. The molecule has 1 aromatic heterocycles. The molecule has 10 heteroatoms. The van der Waals surface area contributed by atoms with Crippen LogP contribution in [0, 0.1) is 17.1 Å². The average molecular weight is 417 g/mol. The molecular weight excluding hydrogens is 399 g/mol. The molecule has 7 nitrogen and oxygen atoms in total. The first kappa shape index (κ1) is 21.1. The van der Waals surface area contributed by atoms with Gasteiger partial charge in [-0.15, -0.1) is 0 Å². The summed E-state index contributed by atoms with van der Waals surface area (Å²) in [6.45, 7) is 1.68. The van der Waals surface area contributed by atoms with Crippen molar-refractivity contribution in [2.75, 3.05) is 5.32 Å². The highest BCUT2D eigenvalue weighted by Gasteiger charge is 2.43. The molecule has 1 amide bonds. The van der Waals surface area contributed by atoms with Crippen LogP contribution in [0.1, 0.15) is 41.4 Å². The van der Waals surface area contributed by atoms with Crippen LogP contribution in [0.15, 0.2) is 41.5 Å². The Morgan fingerprint density at radius 3 is 2.80 bits per heavy atom. The summed E-state index contributed by atoms with van der Waals surface area (Å²) in [4.78, 5) is 20.4. The van der Waals surface area contributed by atoms with Crippen LogP contribution >= 0.6 is 0 Å². The Kier molecular flexibility index (Phi) is 5.91. The summed E-state index contributed by atoms with van der Waals surface area (Å²) >= 11 is 0. The highest BCUT2D eigenvalue weighted by Crippen LogP contribution is 2.41. The molecule has 156 valence electrons. The van der Waals surface area contributed by atoms with E-state index in [1.165, 1.54) is 30.5 Å². The number of carbonyl (C=O) groups excluding carboxylic acids is 1. The normalized spacial score (nSPS) is 20.8. The SMILES string of the molecule is CCC1(c2cc(NC(=O)c3ccc(C#N)cn3)ccc2F)CC(C(F)F)OC(N)=N1. The van der Waals surface area contributed by atoms with Crippen LogP contribution in [-0.2, 0) is 10.3 Å². The summed E-state index contributed by atoms with van der Waals surface area (Å²) < 4.78 is 46.1. The summed E-state index contributed by atoms with van der Waals surface area (Å²) in [5, 5.41) is 11.4. The number of aromatic nitrogens is 1. The number of ether oxygens (including phenoxy) is 1. The van der Waals surface area contributed by atoms with Crippen LogP contribution in [0.5, 0.6) is 0 Å². The van der Waals surface area contributed by atoms with Gasteiger partial charge in [0.2, 0.25) is 0 Å². The number of pyridine rings is 1. The van der Waals surface area contributed by atoms with Crippen molar-refractivity contribution in [2.24, 2.45) is 10.7 Å². The molecule has 0 aliphatic carbocycles. The maximum absolute atomic E-state index is 14.7. The number of nitrogens with one attached hydrogen (secondary N) is 1. The Bertz CT molecular complexity index is 1020. The van der Waals surface area contributed by atoms with E-state index >= 15 is 0 Å². The standard InChI is InChI=1S/C20H18F3N5O2/c1-2-20(8-16(17(22)23)30-19(25)28-20)13-7-12(4-5-14(13)21)27-18(29)15-6-3-11(9-24)10-26-15/h3-7,10,16-17H,2,8H2,1H3,(H2,25,28)(H,27,29). The number of anilines is 1. The molecule has 3 rings (SSSR count). The largest absolute Gasteiger partial charge is 0.456 e. The van der Waals surface area contributed by atoms with Crippen LogP contribution < -0.4 is 11.1 Å². The second kappa shape index (κ2) is 8.41. The van der Waals surface area contributed by atoms with Crippen molar-refractivity contribution in [3.63, 3.8) is 0 Å². The second-order valence-corrected chi connectivity index (χ2v) is 6.72. The summed E-state index contributed by atoms with van der Waals surface area (Å²) in [5.74, 6) is -1.25. The monoisotopic (exact) mass is 417 g/mol. The van der Waals surface area contributed by atoms with E-state index in [2.05, 4.69) is 15.3 Å². The van der Waals surface area contributed by atoms with Crippen molar-refractivity contribution in [2.45, 2.75) is 37.8 Å². The fraction of sp³-hybridized carbons (Fsp3) is 0.300. The van der Waals surface area contributed by atoms with Gasteiger partial charge >= 0.3 is 0 Å². The molecule has 0 bridgehead atoms. The lowest BCUT2D eigenvalue weighted by atomic mass is 9.81. The fourth-order valence-corrected chi connectivity index (χ4v) is 3.29. The van der Waals surface area contributed by atoms with Crippen molar-refractivity contribution >= 4 is 17.6 Å². The minimum absolute atomic E-state index is 0.0208. The van der Waals surface area contributed by atoms with Gasteiger partial charge in [-0.05, 0) is 36.8 Å². The number of nitrogens with zero attached hydrogens (tertiary/aromatic N) is 3. The van der Waals surface area contributed by atoms with Crippen molar-refractivity contribution in [3.05, 3.63) is 59.2 Å². The molecule has 1 aliphatic rings. The van der Waals surface area contributed by atoms with E-state index in [4.69, 9.17) is 15.7 Å². The first-order valence-corrected chi connectivity index (χ1v) is 9.05. The number of halogens is 3. The Morgan fingerprint density at radius 1 is 1.43 bits per heavy atom. The third-order valence-corrected chi connectivity index (χ3v) is 4.85. The zero-order valence-electron chi connectivity index (χ0n) is 15.9. The molecule has 1 aromatic carbocycles. The number of alkyl halides is 2. The van der Waals surface area contributed by atoms with Gasteiger partial charge in [0.25, 0.3) is 18.4 Å². The fourth-order valence-electron chi connectivity index (χ4n) is 3.29. The van der Waals surface area contributed by atoms with Crippen molar-refractivity contribution < 1.29 is 22.7 Å². The first-order valence-electron chi connectivity index (χ1n) is 9.05. The molecule has 2 aromatic rings. The third-order valence-electron chi connectivity index (χ3n) is 4.85. The zero-order valence-corrected chi connectivity index (χ0v) is 15.9. The molecule has 0 spiro atoms. The number of amides is 1. The highest BCUT2D eigenvalue weighted by molar-refractivity contribution is 6.02. The summed E-state index contributed by atoms with van der Waals surface area (Å²) in [7, 11) is 0. The Morgan fingerprint density at radius 2 is 2.20 bits per heavy atom. The molecule has 3 N–H and O–H groups in total. The van der Waals surface area contributed by atoms with Gasteiger partial charge in [0.15, 0.2) is 6.10 Å². The van der Waals surface area contributed by atoms with Gasteiger partial charge in [-0.1, -0.05) is 6.92 Å². The predicted octanol–water partition coefficient (Wildman–Crippen LogP) is 3.32. The van der Waals surface area contributed by atoms with E-state index in [1.807, 2.05) is 6.07 Å². The van der Waals surface area contributed by atoms with E-state index < -0.39 is 35.8 Å². The van der Waals surface area contributed by atoms with E-state index in [0.29, 0.717) is 5.56 Å². The number of hydrogen-bond donors (Lipinski definition) is 2. The van der Waals surface area contributed by atoms with Gasteiger partial charge in [0, 0.05) is 23.9 Å². The molecule has 0 saturated heterocycles. The molecule has 1 aliphatic heterocycles. The summed E-state index contributed by atoms with van der Waals surface area (Å²) in [6, 6.07) is 8.06. The van der Waals surface area contributed by atoms with Gasteiger partial charge in [-0.25, -0.2) is 23.1 Å². The van der Waals surface area contributed by atoms with Gasteiger partial charge in [0.1, 0.15) is 17.6 Å². The number of nitrogens with two attached hydrogens (primary N) is 1. The average Bonchev–Trinajstić information content (AvgIpc) is 2.74. The lowest BCUT2D eigenvalue weighted by Gasteiger charge is -2.37. The molecular formula is C20H18F3N5O2. The lowest BCUT2D eigenvalue weighted by Crippen LogP contribution is -2.43. The quantitative estimate of drug-likeness (QED) is 0.775. The van der Waals surface area contributed by atoms with Crippen molar-refractivity contribution in [1.29, 1.82) is 5.26 Å². The van der Waals surface area contributed by atoms with Crippen LogP contribution in [0.4, 0.5) is 18.9 Å². The number of aliphatic imine (C=N–C) groups is 1. The molecule has 0 saturated carbocycles. The maximum atomic E-state index is 14.7. The van der Waals surface area contributed by atoms with Crippen LogP contribution in [0.25, 0.3) is 0 Å². The predicted molar refractivity (Wildman–Crippen MR) is 102 cm³/mol. The minimum Gasteiger partial charge on any atom is -0.456 e. The number of benzene rings is 1. The third kappa shape index (κ3) is 4.20. The summed E-state index contributed by atoms with van der Waals surface area (Å²) in [5.41, 5.74) is 4.83. The van der Waals surface area contributed by atoms with E-state index in [1.54, 1.807) is 6.92 Å². The first-order chi connectivity index (χ1) is 14.3. The smallest absolute Gasteiger partial charge is 0.283 e. The highest BCUT2D eigenvalue weighted by atomic mass is 19.3. The van der Waals surface area contributed by atoms with Gasteiger partial charge in [-0.3, -0.25) is 4.79 Å². The Balaban J connectivity index is 1.93. The van der Waals surface area contributed by atoms with Crippen molar-refractivity contribution in [1.82, 2.24) is 4.98 Å². The van der Waals surface area contributed by atoms with Crippen LogP contribution in [-0.4, -0.2) is 29.4 Å². The molecule has 2 heterocycles. The summed E-state index contributed by atoms with van der Waals surface area (Å²) in [6.07, 6.45) is -3.18. The molecule has 30 heavy (non-hydrogen) atoms. The lowest BCUT2D eigenvalue weighted by molar-refractivity contribution is -0.0256. The Labute approximate surface area is 170 Å². The molecule has 2 atom stereocenters. The van der Waals surface area contributed by atoms with E-state index in [0.717, 1.165) is 6.07 Å². The van der Waals surface area contributed by atoms with Gasteiger partial charge in [0.05, 0.1) is 11.1 Å². The number of rotatable bonds is 5. The number of hydrogen-bond acceptors (Lipinski definition) is 6. The zero-order chi connectivity index (χ0) is 21.9. The van der Waals surface area contributed by atoms with Gasteiger partial charge in [-0.2, -0.15) is 5.26 Å². The number of amidine groups is 1. The van der Waals surface area contributed by atoms with Gasteiger partial charge < -0.3 is 15.8 Å². The van der Waals surface area contributed by atoms with E-state index in [9.17, 15) is 18.0 Å². The minimum atomic E-state index is -2.82. The van der Waals surface area contributed by atoms with E-state index in [-0.39, 0.29) is 29.8 Å². The topological polar surface area (TPSA) is 113 Å². The molecule has 0 radical (unpaired) electrons. The van der Waals surface area contributed by atoms with Crippen molar-refractivity contribution in [3.8, 4) is 6.07 Å². The second-order valence-electron chi connectivity index (χ2n) is 6.72. The number of nitriles is 1. The number of carbonyl (C=O) groups is 1. The van der Waals surface area contributed by atoms with Crippen LogP contribution in [0.3, 0.4) is 0 Å². The van der Waals surface area contributed by atoms with Crippen LogP contribution in [0.2, 0.25) is 0 Å². The molecule has 2 unspecified atom stereocenters. The maximum Gasteiger partial charge on any atom is 0.283 e. The Hall–Kier alpha value is -3.61.